The second-order valence-electron chi connectivity index (χ2n) is 6.12. The lowest BCUT2D eigenvalue weighted by atomic mass is 10.1. The minimum atomic E-state index is -0.814. The molecule has 0 aliphatic heterocycles. The summed E-state index contributed by atoms with van der Waals surface area (Å²) < 4.78 is 6.90. The van der Waals surface area contributed by atoms with Gasteiger partial charge in [0.1, 0.15) is 17.3 Å². The Labute approximate surface area is 152 Å². The highest BCUT2D eigenvalue weighted by Crippen LogP contribution is 2.24. The summed E-state index contributed by atoms with van der Waals surface area (Å²) in [6.45, 7) is 4.08. The van der Waals surface area contributed by atoms with Crippen molar-refractivity contribution < 1.29 is 9.53 Å². The summed E-state index contributed by atoms with van der Waals surface area (Å²) in [6, 6.07) is 19.6. The minimum Gasteiger partial charge on any atom is -0.444 e. The zero-order valence-electron chi connectivity index (χ0n) is 14.7. The quantitative estimate of drug-likeness (QED) is 0.656. The van der Waals surface area contributed by atoms with Crippen molar-refractivity contribution in [1.29, 1.82) is 5.26 Å². The third kappa shape index (κ3) is 3.98. The van der Waals surface area contributed by atoms with E-state index in [4.69, 9.17) is 10.00 Å². The van der Waals surface area contributed by atoms with Crippen LogP contribution in [0.1, 0.15) is 28.4 Å². The Kier molecular flexibility index (Phi) is 5.14. The van der Waals surface area contributed by atoms with Gasteiger partial charge in [0.05, 0.1) is 6.54 Å². The van der Waals surface area contributed by atoms with Crippen LogP contribution in [-0.2, 0) is 11.3 Å². The first-order valence-electron chi connectivity index (χ1n) is 8.36. The van der Waals surface area contributed by atoms with Gasteiger partial charge in [-0.05, 0) is 19.4 Å². The molecule has 1 heterocycles. The van der Waals surface area contributed by atoms with E-state index in [-0.39, 0.29) is 0 Å². The molecule has 0 unspecified atom stereocenters. The topological polar surface area (TPSA) is 67.9 Å². The van der Waals surface area contributed by atoms with Gasteiger partial charge in [-0.25, -0.2) is 4.79 Å². The number of rotatable bonds is 5. The van der Waals surface area contributed by atoms with Crippen LogP contribution >= 0.6 is 0 Å². The largest absolute Gasteiger partial charge is 0.444 e. The van der Waals surface area contributed by atoms with Gasteiger partial charge in [0, 0.05) is 11.8 Å². The number of aromatic nitrogens is 2. The van der Waals surface area contributed by atoms with Gasteiger partial charge in [-0.2, -0.15) is 10.4 Å². The van der Waals surface area contributed by atoms with Gasteiger partial charge in [-0.15, -0.1) is 0 Å². The molecule has 2 aromatic carbocycles. The summed E-state index contributed by atoms with van der Waals surface area (Å²) >= 11 is 0. The molecule has 26 heavy (non-hydrogen) atoms. The van der Waals surface area contributed by atoms with E-state index in [0.29, 0.717) is 17.8 Å². The maximum Gasteiger partial charge on any atom is 0.343 e. The molecule has 1 atom stereocenters. The third-order valence-corrected chi connectivity index (χ3v) is 3.96. The Balaban J connectivity index is 1.98. The summed E-state index contributed by atoms with van der Waals surface area (Å²) in [7, 11) is 0. The maximum atomic E-state index is 12.5. The van der Waals surface area contributed by atoms with Crippen molar-refractivity contribution in [1.82, 2.24) is 9.78 Å². The monoisotopic (exact) mass is 345 g/mol. The van der Waals surface area contributed by atoms with Gasteiger partial charge in [-0.1, -0.05) is 60.2 Å². The molecule has 0 saturated carbocycles. The Morgan fingerprint density at radius 3 is 2.54 bits per heavy atom. The van der Waals surface area contributed by atoms with E-state index in [1.807, 2.05) is 67.6 Å². The molecule has 0 radical (unpaired) electrons. The van der Waals surface area contributed by atoms with Gasteiger partial charge in [0.2, 0.25) is 0 Å². The Morgan fingerprint density at radius 1 is 1.19 bits per heavy atom. The van der Waals surface area contributed by atoms with Crippen LogP contribution in [0.15, 0.2) is 60.8 Å². The fourth-order valence-electron chi connectivity index (χ4n) is 2.60. The van der Waals surface area contributed by atoms with Crippen molar-refractivity contribution in [2.24, 2.45) is 0 Å². The van der Waals surface area contributed by atoms with Crippen LogP contribution in [0.5, 0.6) is 0 Å². The highest BCUT2D eigenvalue weighted by atomic mass is 16.5. The molecule has 0 aliphatic carbocycles. The number of carbonyl (C=O) groups excluding carboxylic acids is 1. The van der Waals surface area contributed by atoms with Crippen LogP contribution in [0.25, 0.3) is 11.3 Å². The van der Waals surface area contributed by atoms with E-state index >= 15 is 0 Å². The summed E-state index contributed by atoms with van der Waals surface area (Å²) in [5.74, 6) is -0.547. The smallest absolute Gasteiger partial charge is 0.343 e. The summed E-state index contributed by atoms with van der Waals surface area (Å²) in [4.78, 5) is 12.5. The number of carbonyl (C=O) groups is 1. The van der Waals surface area contributed by atoms with Crippen LogP contribution in [-0.4, -0.2) is 21.9 Å². The lowest BCUT2D eigenvalue weighted by Gasteiger charge is -2.06. The highest BCUT2D eigenvalue weighted by Gasteiger charge is 2.21. The molecule has 0 saturated heterocycles. The normalized spacial score (nSPS) is 11.6. The molecule has 0 amide bonds. The van der Waals surface area contributed by atoms with E-state index in [9.17, 15) is 4.79 Å². The number of benzene rings is 2. The van der Waals surface area contributed by atoms with Gasteiger partial charge in [0.15, 0.2) is 6.10 Å². The molecule has 0 spiro atoms. The van der Waals surface area contributed by atoms with Crippen molar-refractivity contribution in [3.63, 3.8) is 0 Å². The predicted octanol–water partition coefficient (Wildman–Crippen LogP) is 3.98. The molecule has 3 aromatic rings. The Morgan fingerprint density at radius 2 is 1.88 bits per heavy atom. The number of ether oxygens (including phenoxy) is 1. The Hall–Kier alpha value is -3.39. The Bertz CT molecular complexity index is 938. The number of hydrogen-bond acceptors (Lipinski definition) is 4. The first-order chi connectivity index (χ1) is 12.6. The van der Waals surface area contributed by atoms with Gasteiger partial charge < -0.3 is 4.74 Å². The molecule has 130 valence electrons. The van der Waals surface area contributed by atoms with Crippen molar-refractivity contribution in [3.8, 4) is 17.3 Å². The summed E-state index contributed by atoms with van der Waals surface area (Å²) in [5, 5.41) is 13.5. The van der Waals surface area contributed by atoms with Crippen LogP contribution in [0.3, 0.4) is 0 Å². The molecule has 3 rings (SSSR count). The fraction of sp³-hybridized carbons (Fsp3) is 0.190. The summed E-state index contributed by atoms with van der Waals surface area (Å²) in [6.07, 6.45) is 0.861. The number of nitrogens with zero attached hydrogens (tertiary/aromatic N) is 3. The molecule has 0 aliphatic rings. The summed E-state index contributed by atoms with van der Waals surface area (Å²) in [5.41, 5.74) is 3.94. The molecule has 5 nitrogen and oxygen atoms in total. The average molecular weight is 345 g/mol. The predicted molar refractivity (Wildman–Crippen MR) is 98.4 cm³/mol. The minimum absolute atomic E-state index is 0.354. The molecule has 5 heteroatoms. The number of hydrogen-bond donors (Lipinski definition) is 0. The zero-order valence-corrected chi connectivity index (χ0v) is 14.7. The van der Waals surface area contributed by atoms with E-state index in [2.05, 4.69) is 5.10 Å². The standard InChI is InChI=1S/C21H19N3O2/c1-15-8-10-18(11-9-15)20-19(21(25)26-16(2)12-22)14-24(23-20)13-17-6-4-3-5-7-17/h3-11,14,16H,13H2,1-2H3/t16-/m0/s1. The maximum absolute atomic E-state index is 12.5. The van der Waals surface area contributed by atoms with Crippen molar-refractivity contribution >= 4 is 5.97 Å². The first-order valence-corrected chi connectivity index (χ1v) is 8.36. The van der Waals surface area contributed by atoms with Crippen LogP contribution in [0.4, 0.5) is 0 Å². The SMILES string of the molecule is Cc1ccc(-c2nn(Cc3ccccc3)cc2C(=O)O[C@@H](C)C#N)cc1. The second kappa shape index (κ2) is 7.66. The van der Waals surface area contributed by atoms with E-state index in [0.717, 1.165) is 16.7 Å². The van der Waals surface area contributed by atoms with E-state index in [1.54, 1.807) is 10.9 Å². The highest BCUT2D eigenvalue weighted by molar-refractivity contribution is 5.96. The molecular formula is C21H19N3O2. The van der Waals surface area contributed by atoms with E-state index < -0.39 is 12.1 Å². The number of aryl methyl sites for hydroxylation is 1. The lowest BCUT2D eigenvalue weighted by Crippen LogP contribution is -2.13. The molecule has 1 aromatic heterocycles. The van der Waals surface area contributed by atoms with Crippen LogP contribution < -0.4 is 0 Å². The molecular weight excluding hydrogens is 326 g/mol. The van der Waals surface area contributed by atoms with Crippen LogP contribution in [0.2, 0.25) is 0 Å². The molecule has 0 bridgehead atoms. The zero-order chi connectivity index (χ0) is 18.5. The third-order valence-electron chi connectivity index (χ3n) is 3.96. The number of esters is 1. The van der Waals surface area contributed by atoms with Crippen molar-refractivity contribution in [2.75, 3.05) is 0 Å². The average Bonchev–Trinajstić information content (AvgIpc) is 3.07. The van der Waals surface area contributed by atoms with Gasteiger partial charge >= 0.3 is 5.97 Å². The van der Waals surface area contributed by atoms with Crippen molar-refractivity contribution in [2.45, 2.75) is 26.5 Å². The van der Waals surface area contributed by atoms with Crippen LogP contribution in [0, 0.1) is 18.3 Å². The lowest BCUT2D eigenvalue weighted by molar-refractivity contribution is 0.0436. The number of nitriles is 1. The fourth-order valence-corrected chi connectivity index (χ4v) is 2.60. The van der Waals surface area contributed by atoms with E-state index in [1.165, 1.54) is 6.92 Å². The van der Waals surface area contributed by atoms with Gasteiger partial charge in [-0.3, -0.25) is 4.68 Å². The van der Waals surface area contributed by atoms with Gasteiger partial charge in [0.25, 0.3) is 0 Å². The van der Waals surface area contributed by atoms with Crippen molar-refractivity contribution in [3.05, 3.63) is 77.5 Å². The molecule has 0 N–H and O–H groups in total. The second-order valence-corrected chi connectivity index (χ2v) is 6.12. The first kappa shape index (κ1) is 17.4. The molecule has 0 fully saturated rings.